The smallest absolute Gasteiger partial charge is 0.321 e. The first-order chi connectivity index (χ1) is 6.75. The molecule has 1 atom stereocenters. The number of rotatable bonds is 1. The molecule has 14 heavy (non-hydrogen) atoms. The molecule has 1 aromatic rings. The van der Waals surface area contributed by atoms with Gasteiger partial charge in [0.15, 0.2) is 0 Å². The van der Waals surface area contributed by atoms with Crippen LogP contribution in [0.4, 0.5) is 4.79 Å². The van der Waals surface area contributed by atoms with Gasteiger partial charge in [0.05, 0.1) is 18.2 Å². The summed E-state index contributed by atoms with van der Waals surface area (Å²) in [5, 5.41) is 4.79. The third-order valence-corrected chi connectivity index (χ3v) is 1.99. The van der Waals surface area contributed by atoms with Crippen LogP contribution in [0, 0.1) is 0 Å². The molecule has 3 amide bonds. The van der Waals surface area contributed by atoms with Crippen LogP contribution in [0.3, 0.4) is 0 Å². The third-order valence-electron chi connectivity index (χ3n) is 1.99. The summed E-state index contributed by atoms with van der Waals surface area (Å²) in [6, 6.07) is 4.62. The Kier molecular flexibility index (Phi) is 2.14. The third kappa shape index (κ3) is 1.71. The summed E-state index contributed by atoms with van der Waals surface area (Å²) in [5.74, 6) is -0.274. The first-order valence-corrected chi connectivity index (χ1v) is 4.27. The Hall–Kier alpha value is -1.91. The minimum Gasteiger partial charge on any atom is -0.329 e. The topological polar surface area (TPSA) is 71.1 Å². The molecule has 1 aliphatic heterocycles. The molecule has 0 aliphatic carbocycles. The second-order valence-corrected chi connectivity index (χ2v) is 3.03. The molecule has 0 bridgehead atoms. The van der Waals surface area contributed by atoms with Crippen molar-refractivity contribution in [1.82, 2.24) is 15.6 Å². The van der Waals surface area contributed by atoms with E-state index in [4.69, 9.17) is 0 Å². The quantitative estimate of drug-likeness (QED) is 0.673. The van der Waals surface area contributed by atoms with E-state index in [0.29, 0.717) is 5.69 Å². The maximum Gasteiger partial charge on any atom is 0.321 e. The van der Waals surface area contributed by atoms with Gasteiger partial charge in [0, 0.05) is 6.20 Å². The number of hydrogen-bond donors (Lipinski definition) is 2. The van der Waals surface area contributed by atoms with Gasteiger partial charge in [0.1, 0.15) is 0 Å². The van der Waals surface area contributed by atoms with Crippen molar-refractivity contribution >= 4 is 11.9 Å². The van der Waals surface area contributed by atoms with Crippen LogP contribution in [0.25, 0.3) is 0 Å². The van der Waals surface area contributed by atoms with Gasteiger partial charge < -0.3 is 5.32 Å². The zero-order valence-electron chi connectivity index (χ0n) is 7.36. The largest absolute Gasteiger partial charge is 0.329 e. The standard InChI is InChI=1S/C9H9N3O2/c13-8-5-7(11-9(14)12-8)6-3-1-2-4-10-6/h1-4,7H,5H2,(H2,11,12,13,14). The molecule has 2 rings (SSSR count). The number of nitrogens with zero attached hydrogens (tertiary/aromatic N) is 1. The molecule has 2 heterocycles. The first-order valence-electron chi connectivity index (χ1n) is 4.27. The van der Waals surface area contributed by atoms with Gasteiger partial charge in [-0.15, -0.1) is 0 Å². The predicted molar refractivity (Wildman–Crippen MR) is 48.3 cm³/mol. The number of imide groups is 1. The fourth-order valence-corrected chi connectivity index (χ4v) is 1.37. The van der Waals surface area contributed by atoms with Crippen molar-refractivity contribution in [3.8, 4) is 0 Å². The molecule has 1 unspecified atom stereocenters. The first kappa shape index (κ1) is 8.68. The molecular formula is C9H9N3O2. The van der Waals surface area contributed by atoms with Gasteiger partial charge in [0.25, 0.3) is 0 Å². The lowest BCUT2D eigenvalue weighted by atomic mass is 10.1. The maximum atomic E-state index is 11.1. The number of carbonyl (C=O) groups excluding carboxylic acids is 2. The number of pyridine rings is 1. The number of hydrogen-bond acceptors (Lipinski definition) is 3. The summed E-state index contributed by atoms with van der Waals surface area (Å²) >= 11 is 0. The van der Waals surface area contributed by atoms with E-state index in [1.165, 1.54) is 0 Å². The van der Waals surface area contributed by atoms with E-state index >= 15 is 0 Å². The van der Waals surface area contributed by atoms with E-state index in [0.717, 1.165) is 0 Å². The van der Waals surface area contributed by atoms with Crippen molar-refractivity contribution in [1.29, 1.82) is 0 Å². The normalized spacial score (nSPS) is 21.3. The number of amides is 3. The minimum absolute atomic E-state index is 0.239. The summed E-state index contributed by atoms with van der Waals surface area (Å²) in [5.41, 5.74) is 0.704. The number of urea groups is 1. The van der Waals surface area contributed by atoms with Crippen molar-refractivity contribution in [2.45, 2.75) is 12.5 Å². The van der Waals surface area contributed by atoms with Crippen molar-refractivity contribution in [3.63, 3.8) is 0 Å². The molecule has 5 nitrogen and oxygen atoms in total. The van der Waals surface area contributed by atoms with E-state index in [2.05, 4.69) is 15.6 Å². The lowest BCUT2D eigenvalue weighted by Crippen LogP contribution is -2.48. The second kappa shape index (κ2) is 3.45. The highest BCUT2D eigenvalue weighted by Crippen LogP contribution is 2.15. The SMILES string of the molecule is O=C1CC(c2ccccn2)NC(=O)N1. The Morgan fingerprint density at radius 3 is 2.86 bits per heavy atom. The van der Waals surface area contributed by atoms with Gasteiger partial charge in [0.2, 0.25) is 5.91 Å². The summed E-state index contributed by atoms with van der Waals surface area (Å²) in [7, 11) is 0. The van der Waals surface area contributed by atoms with Gasteiger partial charge in [-0.05, 0) is 12.1 Å². The maximum absolute atomic E-state index is 11.1. The van der Waals surface area contributed by atoms with E-state index in [9.17, 15) is 9.59 Å². The molecule has 5 heteroatoms. The fraction of sp³-hybridized carbons (Fsp3) is 0.222. The molecule has 1 aliphatic rings. The van der Waals surface area contributed by atoms with Gasteiger partial charge in [-0.25, -0.2) is 4.79 Å². The highest BCUT2D eigenvalue weighted by molar-refractivity contribution is 5.97. The molecule has 0 radical (unpaired) electrons. The minimum atomic E-state index is -0.461. The van der Waals surface area contributed by atoms with E-state index in [1.807, 2.05) is 6.07 Å². The van der Waals surface area contributed by atoms with Crippen molar-refractivity contribution in [2.75, 3.05) is 0 Å². The average Bonchev–Trinajstić information content (AvgIpc) is 2.18. The van der Waals surface area contributed by atoms with Crippen molar-refractivity contribution in [3.05, 3.63) is 30.1 Å². The second-order valence-electron chi connectivity index (χ2n) is 3.03. The highest BCUT2D eigenvalue weighted by atomic mass is 16.2. The molecule has 0 saturated carbocycles. The number of nitrogens with one attached hydrogen (secondary N) is 2. The van der Waals surface area contributed by atoms with Gasteiger partial charge in [-0.3, -0.25) is 15.1 Å². The Morgan fingerprint density at radius 1 is 1.36 bits per heavy atom. The molecule has 0 aromatic carbocycles. The number of carbonyl (C=O) groups is 2. The van der Waals surface area contributed by atoms with E-state index in [-0.39, 0.29) is 18.4 Å². The summed E-state index contributed by atoms with van der Waals surface area (Å²) < 4.78 is 0. The van der Waals surface area contributed by atoms with Crippen molar-refractivity contribution in [2.24, 2.45) is 0 Å². The Morgan fingerprint density at radius 2 is 2.21 bits per heavy atom. The van der Waals surface area contributed by atoms with Crippen LogP contribution in [0.5, 0.6) is 0 Å². The molecule has 0 spiro atoms. The molecular weight excluding hydrogens is 182 g/mol. The predicted octanol–water partition coefficient (Wildman–Crippen LogP) is 0.352. The Bertz CT molecular complexity index is 348. The van der Waals surface area contributed by atoms with Crippen LogP contribution in [-0.4, -0.2) is 16.9 Å². The van der Waals surface area contributed by atoms with E-state index in [1.54, 1.807) is 18.3 Å². The molecule has 2 N–H and O–H groups in total. The van der Waals surface area contributed by atoms with Crippen molar-refractivity contribution < 1.29 is 9.59 Å². The van der Waals surface area contributed by atoms with Gasteiger partial charge in [-0.2, -0.15) is 0 Å². The molecule has 1 fully saturated rings. The summed E-state index contributed by atoms with van der Waals surface area (Å²) in [4.78, 5) is 26.1. The van der Waals surface area contributed by atoms with Crippen LogP contribution in [-0.2, 0) is 4.79 Å². The highest BCUT2D eigenvalue weighted by Gasteiger charge is 2.25. The van der Waals surface area contributed by atoms with Gasteiger partial charge in [-0.1, -0.05) is 6.07 Å². The molecule has 1 saturated heterocycles. The summed E-state index contributed by atoms with van der Waals surface area (Å²) in [6.07, 6.45) is 1.87. The Balaban J connectivity index is 2.19. The molecule has 72 valence electrons. The van der Waals surface area contributed by atoms with Gasteiger partial charge >= 0.3 is 6.03 Å². The average molecular weight is 191 g/mol. The van der Waals surface area contributed by atoms with Crippen LogP contribution >= 0.6 is 0 Å². The van der Waals surface area contributed by atoms with Crippen LogP contribution in [0.2, 0.25) is 0 Å². The number of aromatic nitrogens is 1. The zero-order chi connectivity index (χ0) is 9.97. The fourth-order valence-electron chi connectivity index (χ4n) is 1.37. The molecule has 1 aromatic heterocycles. The Labute approximate surface area is 80.5 Å². The van der Waals surface area contributed by atoms with Crippen LogP contribution in [0.1, 0.15) is 18.2 Å². The lowest BCUT2D eigenvalue weighted by Gasteiger charge is -2.22. The lowest BCUT2D eigenvalue weighted by molar-refractivity contribution is -0.121. The monoisotopic (exact) mass is 191 g/mol. The van der Waals surface area contributed by atoms with Crippen LogP contribution < -0.4 is 10.6 Å². The zero-order valence-corrected chi connectivity index (χ0v) is 7.36. The van der Waals surface area contributed by atoms with Crippen LogP contribution in [0.15, 0.2) is 24.4 Å². The van der Waals surface area contributed by atoms with E-state index < -0.39 is 6.03 Å². The summed E-state index contributed by atoms with van der Waals surface area (Å²) in [6.45, 7) is 0.